The van der Waals surface area contributed by atoms with Gasteiger partial charge in [0.2, 0.25) is 0 Å². The highest BCUT2D eigenvalue weighted by Crippen LogP contribution is 2.13. The van der Waals surface area contributed by atoms with Gasteiger partial charge in [0.1, 0.15) is 0 Å². The van der Waals surface area contributed by atoms with Gasteiger partial charge < -0.3 is 5.32 Å². The summed E-state index contributed by atoms with van der Waals surface area (Å²) in [6, 6.07) is 1.11. The van der Waals surface area contributed by atoms with Crippen molar-refractivity contribution in [1.29, 1.82) is 0 Å². The average Bonchev–Trinajstić information content (AvgIpc) is 1.98. The molecule has 0 spiro atoms. The van der Waals surface area contributed by atoms with E-state index in [9.17, 15) is 0 Å². The first-order valence-corrected chi connectivity index (χ1v) is 4.87. The topological polar surface area (TPSA) is 12.0 Å². The summed E-state index contributed by atoms with van der Waals surface area (Å²) in [5.41, 5.74) is 0. The first-order chi connectivity index (χ1) is 5.49. The molecule has 1 nitrogen and oxygen atoms in total. The molecule has 0 heterocycles. The lowest BCUT2D eigenvalue weighted by molar-refractivity contribution is 0.315. The molecule has 1 heteroatoms. The van der Waals surface area contributed by atoms with Crippen LogP contribution in [0.2, 0.25) is 0 Å². The lowest BCUT2D eigenvalue weighted by Crippen LogP contribution is -2.42. The largest absolute Gasteiger partial charge is 0.311 e. The van der Waals surface area contributed by atoms with Crippen LogP contribution in [0.5, 0.6) is 0 Å². The fourth-order valence-electron chi connectivity index (χ4n) is 1.48. The van der Waals surface area contributed by atoms with E-state index in [0.29, 0.717) is 23.9 Å². The molecule has 0 fully saturated rings. The van der Waals surface area contributed by atoms with E-state index >= 15 is 0 Å². The van der Waals surface area contributed by atoms with Gasteiger partial charge in [0.05, 0.1) is 0 Å². The number of rotatable bonds is 5. The van der Waals surface area contributed by atoms with Gasteiger partial charge in [-0.25, -0.2) is 0 Å². The highest BCUT2D eigenvalue weighted by Gasteiger charge is 2.18. The predicted octanol–water partition coefficient (Wildman–Crippen LogP) is 2.83. The van der Waals surface area contributed by atoms with Crippen LogP contribution in [0.1, 0.15) is 34.6 Å². The molecular formula is C11H23N. The van der Waals surface area contributed by atoms with Gasteiger partial charge in [0.25, 0.3) is 0 Å². The fraction of sp³-hybridized carbons (Fsp3) is 0.818. The third-order valence-corrected chi connectivity index (χ3v) is 2.18. The van der Waals surface area contributed by atoms with Gasteiger partial charge in [-0.2, -0.15) is 0 Å². The Morgan fingerprint density at radius 1 is 1.08 bits per heavy atom. The van der Waals surface area contributed by atoms with Crippen LogP contribution < -0.4 is 5.32 Å². The first kappa shape index (κ1) is 11.7. The van der Waals surface area contributed by atoms with Gasteiger partial charge in [0.15, 0.2) is 0 Å². The standard InChI is InChI=1S/C11H23N/c1-7-10(6)11(8(2)3)12-9(4)5/h7-12H,1H2,2-6H3. The second-order valence-electron chi connectivity index (χ2n) is 4.19. The highest BCUT2D eigenvalue weighted by molar-refractivity contribution is 4.88. The molecule has 2 unspecified atom stereocenters. The van der Waals surface area contributed by atoms with E-state index < -0.39 is 0 Å². The maximum atomic E-state index is 3.83. The second-order valence-corrected chi connectivity index (χ2v) is 4.19. The molecule has 1 N–H and O–H groups in total. The van der Waals surface area contributed by atoms with Crippen molar-refractivity contribution in [2.75, 3.05) is 0 Å². The molecule has 0 amide bonds. The first-order valence-electron chi connectivity index (χ1n) is 4.87. The molecule has 0 aromatic carbocycles. The molecule has 72 valence electrons. The summed E-state index contributed by atoms with van der Waals surface area (Å²) in [5.74, 6) is 1.22. The Hall–Kier alpha value is -0.300. The molecule has 0 radical (unpaired) electrons. The highest BCUT2D eigenvalue weighted by atomic mass is 14.9. The SMILES string of the molecule is C=CC(C)C(NC(C)C)C(C)C. The quantitative estimate of drug-likeness (QED) is 0.624. The summed E-state index contributed by atoms with van der Waals surface area (Å²) in [5, 5.41) is 3.56. The normalized spacial score (nSPS) is 16.6. The third-order valence-electron chi connectivity index (χ3n) is 2.18. The lowest BCUT2D eigenvalue weighted by Gasteiger charge is -2.28. The van der Waals surface area contributed by atoms with Crippen molar-refractivity contribution in [2.45, 2.75) is 46.7 Å². The van der Waals surface area contributed by atoms with Crippen molar-refractivity contribution in [3.05, 3.63) is 12.7 Å². The van der Waals surface area contributed by atoms with E-state index in [4.69, 9.17) is 0 Å². The molecule has 0 aliphatic heterocycles. The monoisotopic (exact) mass is 169 g/mol. The van der Waals surface area contributed by atoms with Gasteiger partial charge in [-0.3, -0.25) is 0 Å². The van der Waals surface area contributed by atoms with Crippen LogP contribution in [0.3, 0.4) is 0 Å². The van der Waals surface area contributed by atoms with Crippen LogP contribution in [0.15, 0.2) is 12.7 Å². The number of hydrogen-bond acceptors (Lipinski definition) is 1. The van der Waals surface area contributed by atoms with Crippen LogP contribution in [-0.4, -0.2) is 12.1 Å². The molecule has 0 aromatic rings. The van der Waals surface area contributed by atoms with Gasteiger partial charge in [-0.15, -0.1) is 6.58 Å². The summed E-state index contributed by atoms with van der Waals surface area (Å²) < 4.78 is 0. The van der Waals surface area contributed by atoms with Gasteiger partial charge in [0, 0.05) is 12.1 Å². The summed E-state index contributed by atoms with van der Waals surface area (Å²) in [6.07, 6.45) is 2.03. The maximum absolute atomic E-state index is 3.83. The molecule has 12 heavy (non-hydrogen) atoms. The molecule has 0 saturated heterocycles. The minimum absolute atomic E-state index is 0.549. The van der Waals surface area contributed by atoms with Crippen molar-refractivity contribution >= 4 is 0 Å². The van der Waals surface area contributed by atoms with E-state index in [2.05, 4.69) is 46.5 Å². The van der Waals surface area contributed by atoms with E-state index in [1.54, 1.807) is 0 Å². The molecule has 0 saturated carbocycles. The Morgan fingerprint density at radius 3 is 1.83 bits per heavy atom. The van der Waals surface area contributed by atoms with Crippen LogP contribution in [-0.2, 0) is 0 Å². The Labute approximate surface area is 77.2 Å². The molecular weight excluding hydrogens is 146 g/mol. The molecule has 0 aliphatic rings. The van der Waals surface area contributed by atoms with Crippen molar-refractivity contribution < 1.29 is 0 Å². The summed E-state index contributed by atoms with van der Waals surface area (Å²) in [4.78, 5) is 0. The Morgan fingerprint density at radius 2 is 1.58 bits per heavy atom. The summed E-state index contributed by atoms with van der Waals surface area (Å²) in [6.45, 7) is 14.9. The van der Waals surface area contributed by atoms with Crippen LogP contribution in [0.25, 0.3) is 0 Å². The number of nitrogens with one attached hydrogen (secondary N) is 1. The van der Waals surface area contributed by atoms with Crippen LogP contribution in [0, 0.1) is 11.8 Å². The van der Waals surface area contributed by atoms with E-state index in [0.717, 1.165) is 0 Å². The van der Waals surface area contributed by atoms with Crippen molar-refractivity contribution in [1.82, 2.24) is 5.32 Å². The Balaban J connectivity index is 4.12. The lowest BCUT2D eigenvalue weighted by atomic mass is 9.91. The zero-order valence-electron chi connectivity index (χ0n) is 9.09. The zero-order valence-corrected chi connectivity index (χ0v) is 9.09. The third kappa shape index (κ3) is 3.91. The molecule has 0 rings (SSSR count). The van der Waals surface area contributed by atoms with Crippen molar-refractivity contribution in [3.63, 3.8) is 0 Å². The molecule has 2 atom stereocenters. The van der Waals surface area contributed by atoms with Gasteiger partial charge >= 0.3 is 0 Å². The second kappa shape index (κ2) is 5.36. The minimum atomic E-state index is 0.549. The molecule has 0 bridgehead atoms. The van der Waals surface area contributed by atoms with E-state index in [1.165, 1.54) is 0 Å². The minimum Gasteiger partial charge on any atom is -0.311 e. The van der Waals surface area contributed by atoms with E-state index in [1.807, 2.05) is 6.08 Å². The molecule has 0 aliphatic carbocycles. The molecule has 0 aromatic heterocycles. The predicted molar refractivity (Wildman–Crippen MR) is 56.3 cm³/mol. The summed E-state index contributed by atoms with van der Waals surface area (Å²) in [7, 11) is 0. The number of hydrogen-bond donors (Lipinski definition) is 1. The Kier molecular flexibility index (Phi) is 5.23. The van der Waals surface area contributed by atoms with Crippen LogP contribution in [0.4, 0.5) is 0 Å². The summed E-state index contributed by atoms with van der Waals surface area (Å²) >= 11 is 0. The zero-order chi connectivity index (χ0) is 9.72. The van der Waals surface area contributed by atoms with Crippen molar-refractivity contribution in [3.8, 4) is 0 Å². The average molecular weight is 169 g/mol. The maximum Gasteiger partial charge on any atom is 0.0152 e. The van der Waals surface area contributed by atoms with Crippen molar-refractivity contribution in [2.24, 2.45) is 11.8 Å². The Bertz CT molecular complexity index is 127. The van der Waals surface area contributed by atoms with E-state index in [-0.39, 0.29) is 0 Å². The smallest absolute Gasteiger partial charge is 0.0152 e. The van der Waals surface area contributed by atoms with Gasteiger partial charge in [-0.05, 0) is 11.8 Å². The van der Waals surface area contributed by atoms with Crippen LogP contribution >= 0.6 is 0 Å². The van der Waals surface area contributed by atoms with Gasteiger partial charge in [-0.1, -0.05) is 40.7 Å². The fourth-order valence-corrected chi connectivity index (χ4v) is 1.48.